The van der Waals surface area contributed by atoms with E-state index in [2.05, 4.69) is 28.2 Å². The lowest BCUT2D eigenvalue weighted by Crippen LogP contribution is -2.42. The Morgan fingerprint density at radius 1 is 1.32 bits per heavy atom. The van der Waals surface area contributed by atoms with E-state index in [0.29, 0.717) is 5.69 Å². The van der Waals surface area contributed by atoms with Gasteiger partial charge in [-0.05, 0) is 30.7 Å². The van der Waals surface area contributed by atoms with Gasteiger partial charge >= 0.3 is 0 Å². The van der Waals surface area contributed by atoms with Gasteiger partial charge in [-0.1, -0.05) is 12.1 Å². The van der Waals surface area contributed by atoms with Crippen LogP contribution in [-0.4, -0.2) is 48.8 Å². The summed E-state index contributed by atoms with van der Waals surface area (Å²) in [5.74, 6) is -0.284. The van der Waals surface area contributed by atoms with Crippen molar-refractivity contribution in [3.05, 3.63) is 48.0 Å². The molecule has 0 saturated carbocycles. The van der Waals surface area contributed by atoms with Crippen molar-refractivity contribution in [2.75, 3.05) is 38.2 Å². The number of nitriles is 1. The van der Waals surface area contributed by atoms with E-state index >= 15 is 0 Å². The number of nitrogens with zero attached hydrogens (tertiary/aromatic N) is 3. The normalized spacial score (nSPS) is 16.2. The highest BCUT2D eigenvalue weighted by atomic mass is 19.1. The third kappa shape index (κ3) is 4.53. The highest BCUT2D eigenvalue weighted by Crippen LogP contribution is 2.29. The fraction of sp³-hybridized carbons (Fsp3) is 0.368. The van der Waals surface area contributed by atoms with Crippen LogP contribution in [0.5, 0.6) is 0 Å². The summed E-state index contributed by atoms with van der Waals surface area (Å²) < 4.78 is 18.6. The van der Waals surface area contributed by atoms with Crippen molar-refractivity contribution in [2.45, 2.75) is 13.0 Å². The molecule has 1 fully saturated rings. The third-order valence-corrected chi connectivity index (χ3v) is 4.21. The highest BCUT2D eigenvalue weighted by Gasteiger charge is 2.15. The molecule has 6 heteroatoms. The van der Waals surface area contributed by atoms with Crippen LogP contribution in [0.2, 0.25) is 0 Å². The van der Waals surface area contributed by atoms with Crippen molar-refractivity contribution in [1.29, 1.82) is 5.26 Å². The summed E-state index contributed by atoms with van der Waals surface area (Å²) in [5, 5.41) is 12.6. The van der Waals surface area contributed by atoms with Gasteiger partial charge in [0.25, 0.3) is 0 Å². The number of hydrogen-bond acceptors (Lipinski definition) is 5. The molecule has 0 spiro atoms. The highest BCUT2D eigenvalue weighted by molar-refractivity contribution is 5.78. The molecule has 1 unspecified atom stereocenters. The van der Waals surface area contributed by atoms with E-state index in [1.165, 1.54) is 12.1 Å². The molecule has 1 aromatic heterocycles. The number of anilines is 1. The maximum absolute atomic E-state index is 13.2. The van der Waals surface area contributed by atoms with E-state index in [-0.39, 0.29) is 11.9 Å². The summed E-state index contributed by atoms with van der Waals surface area (Å²) in [6, 6.07) is 10.3. The van der Waals surface area contributed by atoms with Gasteiger partial charge in [0.05, 0.1) is 25.1 Å². The zero-order valence-corrected chi connectivity index (χ0v) is 14.2. The molecule has 1 atom stereocenters. The summed E-state index contributed by atoms with van der Waals surface area (Å²) in [6.45, 7) is 6.41. The Hall–Kier alpha value is -2.49. The molecular formula is C19H21FN4O. The summed E-state index contributed by atoms with van der Waals surface area (Å²) in [6.07, 6.45) is 1.67. The van der Waals surface area contributed by atoms with Gasteiger partial charge in [-0.15, -0.1) is 0 Å². The first-order valence-electron chi connectivity index (χ1n) is 8.38. The summed E-state index contributed by atoms with van der Waals surface area (Å²) in [4.78, 5) is 6.53. The van der Waals surface area contributed by atoms with E-state index in [0.717, 1.165) is 49.7 Å². The molecule has 1 N–H and O–H groups in total. The third-order valence-electron chi connectivity index (χ3n) is 4.21. The van der Waals surface area contributed by atoms with Gasteiger partial charge in [0, 0.05) is 31.2 Å². The Labute approximate surface area is 147 Å². The lowest BCUT2D eigenvalue weighted by molar-refractivity contribution is 0.0368. The van der Waals surface area contributed by atoms with Gasteiger partial charge in [0.1, 0.15) is 17.6 Å². The molecule has 2 heterocycles. The second kappa shape index (κ2) is 8.06. The van der Waals surface area contributed by atoms with Crippen molar-refractivity contribution in [1.82, 2.24) is 9.88 Å². The number of morpholine rings is 1. The first-order valence-corrected chi connectivity index (χ1v) is 8.38. The van der Waals surface area contributed by atoms with Crippen LogP contribution in [0.4, 0.5) is 10.1 Å². The number of benzene rings is 1. The van der Waals surface area contributed by atoms with Gasteiger partial charge < -0.3 is 10.1 Å². The maximum atomic E-state index is 13.2. The Morgan fingerprint density at radius 2 is 2.04 bits per heavy atom. The molecule has 2 aromatic rings. The van der Waals surface area contributed by atoms with E-state index in [1.54, 1.807) is 24.4 Å². The van der Waals surface area contributed by atoms with Gasteiger partial charge in [-0.2, -0.15) is 5.26 Å². The maximum Gasteiger partial charge on any atom is 0.141 e. The molecule has 0 bridgehead atoms. The minimum absolute atomic E-state index is 0.201. The SMILES string of the molecule is CC(CN1CCOCC1)Nc1cnc(C#N)cc1-c1ccc(F)cc1. The van der Waals surface area contributed by atoms with Crippen molar-refractivity contribution in [2.24, 2.45) is 0 Å². The Bertz CT molecular complexity index is 751. The number of aromatic nitrogens is 1. The average molecular weight is 340 g/mol. The zero-order valence-electron chi connectivity index (χ0n) is 14.2. The van der Waals surface area contributed by atoms with E-state index in [9.17, 15) is 4.39 Å². The molecule has 1 aliphatic heterocycles. The number of halogens is 1. The van der Waals surface area contributed by atoms with Crippen LogP contribution in [0, 0.1) is 17.1 Å². The van der Waals surface area contributed by atoms with Crippen molar-refractivity contribution in [3.63, 3.8) is 0 Å². The van der Waals surface area contributed by atoms with E-state index in [4.69, 9.17) is 10.00 Å². The van der Waals surface area contributed by atoms with Crippen molar-refractivity contribution < 1.29 is 9.13 Å². The first-order chi connectivity index (χ1) is 12.2. The fourth-order valence-electron chi connectivity index (χ4n) is 2.98. The molecular weight excluding hydrogens is 319 g/mol. The Balaban J connectivity index is 1.80. The zero-order chi connectivity index (χ0) is 17.6. The standard InChI is InChI=1S/C19H21FN4O/c1-14(13-24-6-8-25-9-7-24)23-19-12-22-17(11-21)10-18(19)15-2-4-16(20)5-3-15/h2-5,10,12,14,23H,6-9,13H2,1H3. The molecule has 1 saturated heterocycles. The largest absolute Gasteiger partial charge is 0.380 e. The molecule has 1 aromatic carbocycles. The van der Waals surface area contributed by atoms with Crippen LogP contribution in [0.1, 0.15) is 12.6 Å². The monoisotopic (exact) mass is 340 g/mol. The second-order valence-electron chi connectivity index (χ2n) is 6.19. The first kappa shape index (κ1) is 17.3. The second-order valence-corrected chi connectivity index (χ2v) is 6.19. The number of pyridine rings is 1. The summed E-state index contributed by atoms with van der Waals surface area (Å²) >= 11 is 0. The average Bonchev–Trinajstić information content (AvgIpc) is 2.63. The van der Waals surface area contributed by atoms with Crippen molar-refractivity contribution >= 4 is 5.69 Å². The number of hydrogen-bond donors (Lipinski definition) is 1. The molecule has 0 radical (unpaired) electrons. The van der Waals surface area contributed by atoms with Crippen LogP contribution >= 0.6 is 0 Å². The quantitative estimate of drug-likeness (QED) is 0.907. The van der Waals surface area contributed by atoms with Crippen LogP contribution in [-0.2, 0) is 4.74 Å². The molecule has 5 nitrogen and oxygen atoms in total. The van der Waals surface area contributed by atoms with Crippen LogP contribution in [0.15, 0.2) is 36.5 Å². The topological polar surface area (TPSA) is 61.2 Å². The van der Waals surface area contributed by atoms with Crippen LogP contribution < -0.4 is 5.32 Å². The van der Waals surface area contributed by atoms with Crippen LogP contribution in [0.25, 0.3) is 11.1 Å². The predicted octanol–water partition coefficient (Wildman–Crippen LogP) is 2.89. The molecule has 3 rings (SSSR count). The lowest BCUT2D eigenvalue weighted by Gasteiger charge is -2.30. The predicted molar refractivity (Wildman–Crippen MR) is 94.7 cm³/mol. The molecule has 0 aliphatic carbocycles. The summed E-state index contributed by atoms with van der Waals surface area (Å²) in [5.41, 5.74) is 2.87. The smallest absolute Gasteiger partial charge is 0.141 e. The van der Waals surface area contributed by atoms with Gasteiger partial charge in [0.2, 0.25) is 0 Å². The Morgan fingerprint density at radius 3 is 2.72 bits per heavy atom. The van der Waals surface area contributed by atoms with Gasteiger partial charge in [-0.3, -0.25) is 4.90 Å². The lowest BCUT2D eigenvalue weighted by atomic mass is 10.0. The Kier molecular flexibility index (Phi) is 5.59. The van der Waals surface area contributed by atoms with E-state index < -0.39 is 0 Å². The minimum atomic E-state index is -0.284. The minimum Gasteiger partial charge on any atom is -0.380 e. The number of rotatable bonds is 5. The summed E-state index contributed by atoms with van der Waals surface area (Å²) in [7, 11) is 0. The molecule has 0 amide bonds. The molecule has 25 heavy (non-hydrogen) atoms. The molecule has 1 aliphatic rings. The molecule has 130 valence electrons. The van der Waals surface area contributed by atoms with Gasteiger partial charge in [0.15, 0.2) is 0 Å². The van der Waals surface area contributed by atoms with Crippen LogP contribution in [0.3, 0.4) is 0 Å². The fourth-order valence-corrected chi connectivity index (χ4v) is 2.98. The number of ether oxygens (including phenoxy) is 1. The van der Waals surface area contributed by atoms with Gasteiger partial charge in [-0.25, -0.2) is 9.37 Å². The van der Waals surface area contributed by atoms with Crippen molar-refractivity contribution in [3.8, 4) is 17.2 Å². The van der Waals surface area contributed by atoms with E-state index in [1.807, 2.05) is 0 Å². The number of nitrogens with one attached hydrogen (secondary N) is 1.